The van der Waals surface area contributed by atoms with E-state index in [2.05, 4.69) is 250 Å². The lowest BCUT2D eigenvalue weighted by Crippen LogP contribution is -2.61. The Morgan fingerprint density at radius 2 is 1.06 bits per heavy atom. The fourth-order valence-corrected chi connectivity index (χ4v) is 13.0. The maximum atomic E-state index is 2.60. The summed E-state index contributed by atoms with van der Waals surface area (Å²) in [5, 5.41) is 5.16. The van der Waals surface area contributed by atoms with Gasteiger partial charge < -0.3 is 19.3 Å². The Kier molecular flexibility index (Phi) is 8.37. The van der Waals surface area contributed by atoms with Crippen LogP contribution in [0.1, 0.15) is 58.2 Å². The second kappa shape index (κ2) is 14.3. The molecule has 0 saturated heterocycles. The zero-order chi connectivity index (χ0) is 46.7. The Bertz CT molecular complexity index is 3900. The van der Waals surface area contributed by atoms with Gasteiger partial charge in [-0.25, -0.2) is 0 Å². The molecule has 0 saturated carbocycles. The van der Waals surface area contributed by atoms with Crippen LogP contribution in [-0.4, -0.2) is 11.3 Å². The summed E-state index contributed by atoms with van der Waals surface area (Å²) in [7, 11) is 0. The van der Waals surface area contributed by atoms with Gasteiger partial charge in [0.25, 0.3) is 6.71 Å². The molecule has 3 aliphatic heterocycles. The average Bonchev–Trinajstić information content (AvgIpc) is 3.89. The molecule has 14 rings (SSSR count). The molecular weight excluding hydrogens is 856 g/mol. The number of aromatic nitrogens is 1. The molecule has 0 fully saturated rings. The molecule has 332 valence electrons. The number of aryl methyl sites for hydroxylation is 1. The lowest BCUT2D eigenvalue weighted by molar-refractivity contribution is 0.590. The zero-order valence-electron chi connectivity index (χ0n) is 40.1. The highest BCUT2D eigenvalue weighted by Crippen LogP contribution is 2.53. The van der Waals surface area contributed by atoms with Crippen molar-refractivity contribution in [1.82, 2.24) is 4.57 Å². The fraction of sp³-hybridized carbons (Fsp3) is 0.143. The van der Waals surface area contributed by atoms with Gasteiger partial charge in [-0.1, -0.05) is 133 Å². The summed E-state index contributed by atoms with van der Waals surface area (Å²) in [6.45, 7) is 16.0. The summed E-state index contributed by atoms with van der Waals surface area (Å²) in [6.07, 6.45) is 0. The number of fused-ring (bicyclic) bond motifs is 12. The zero-order valence-corrected chi connectivity index (χ0v) is 40.9. The molecule has 11 aromatic rings. The van der Waals surface area contributed by atoms with E-state index in [-0.39, 0.29) is 17.5 Å². The Morgan fingerprint density at radius 1 is 0.449 bits per heavy atom. The third kappa shape index (κ3) is 5.82. The molecule has 0 radical (unpaired) electrons. The van der Waals surface area contributed by atoms with E-state index in [1.54, 1.807) is 0 Å². The Labute approximate surface area is 408 Å². The van der Waals surface area contributed by atoms with Crippen molar-refractivity contribution < 1.29 is 0 Å². The predicted octanol–water partition coefficient (Wildman–Crippen LogP) is 15.9. The first kappa shape index (κ1) is 40.5. The monoisotopic (exact) mass is 906 g/mol. The maximum absolute atomic E-state index is 2.60. The second-order valence-corrected chi connectivity index (χ2v) is 22.6. The van der Waals surface area contributed by atoms with Crippen LogP contribution in [0.15, 0.2) is 182 Å². The van der Waals surface area contributed by atoms with Crippen LogP contribution in [0.3, 0.4) is 0 Å². The highest BCUT2D eigenvalue weighted by molar-refractivity contribution is 7.25. The summed E-state index contributed by atoms with van der Waals surface area (Å²) in [5.74, 6) is 0. The lowest BCUT2D eigenvalue weighted by Gasteiger charge is -2.46. The average molecular weight is 907 g/mol. The summed E-state index contributed by atoms with van der Waals surface area (Å²) in [4.78, 5) is 7.65. The van der Waals surface area contributed by atoms with E-state index < -0.39 is 0 Å². The van der Waals surface area contributed by atoms with E-state index in [1.165, 1.54) is 109 Å². The van der Waals surface area contributed by atoms with Gasteiger partial charge in [0.1, 0.15) is 0 Å². The minimum absolute atomic E-state index is 0.0130. The number of hydrogen-bond acceptors (Lipinski definition) is 4. The molecular formula is C63H51BN4S. The molecule has 5 heterocycles. The van der Waals surface area contributed by atoms with Gasteiger partial charge in [0.05, 0.1) is 28.1 Å². The number of anilines is 9. The molecule has 0 atom stereocenters. The van der Waals surface area contributed by atoms with E-state index in [1.807, 2.05) is 11.3 Å². The Morgan fingerprint density at radius 3 is 1.78 bits per heavy atom. The van der Waals surface area contributed by atoms with E-state index in [9.17, 15) is 0 Å². The summed E-state index contributed by atoms with van der Waals surface area (Å²) >= 11 is 1.88. The molecule has 69 heavy (non-hydrogen) atoms. The van der Waals surface area contributed by atoms with Crippen molar-refractivity contribution in [2.45, 2.75) is 59.3 Å². The highest BCUT2D eigenvalue weighted by atomic mass is 32.1. The van der Waals surface area contributed by atoms with Crippen LogP contribution < -0.4 is 31.1 Å². The van der Waals surface area contributed by atoms with E-state index in [0.29, 0.717) is 0 Å². The minimum Gasteiger partial charge on any atom is -0.311 e. The summed E-state index contributed by atoms with van der Waals surface area (Å²) in [6, 6.07) is 69.5. The molecule has 0 unspecified atom stereocenters. The fourth-order valence-electron chi connectivity index (χ4n) is 11.9. The van der Waals surface area contributed by atoms with Crippen molar-refractivity contribution in [3.8, 4) is 5.69 Å². The van der Waals surface area contributed by atoms with Crippen molar-refractivity contribution in [2.24, 2.45) is 0 Å². The van der Waals surface area contributed by atoms with Crippen LogP contribution in [0.25, 0.3) is 47.7 Å². The Balaban J connectivity index is 1.05. The van der Waals surface area contributed by atoms with Crippen molar-refractivity contribution >= 4 is 128 Å². The first-order valence-electron chi connectivity index (χ1n) is 24.4. The number of rotatable bonds is 4. The molecule has 2 aromatic heterocycles. The number of benzene rings is 9. The van der Waals surface area contributed by atoms with Gasteiger partial charge in [0, 0.05) is 70.8 Å². The quantitative estimate of drug-likeness (QED) is 0.164. The van der Waals surface area contributed by atoms with Gasteiger partial charge in [-0.05, 0) is 142 Å². The third-order valence-electron chi connectivity index (χ3n) is 15.2. The molecule has 0 spiro atoms. The van der Waals surface area contributed by atoms with Crippen molar-refractivity contribution in [2.75, 3.05) is 14.7 Å². The van der Waals surface area contributed by atoms with Gasteiger partial charge in [-0.15, -0.1) is 11.3 Å². The number of hydrogen-bond donors (Lipinski definition) is 0. The molecule has 3 aliphatic rings. The Hall–Kier alpha value is -7.54. The van der Waals surface area contributed by atoms with Crippen LogP contribution in [0.5, 0.6) is 0 Å². The van der Waals surface area contributed by atoms with Crippen LogP contribution >= 0.6 is 11.3 Å². The molecule has 9 aromatic carbocycles. The lowest BCUT2D eigenvalue weighted by atomic mass is 9.33. The maximum Gasteiger partial charge on any atom is 0.252 e. The van der Waals surface area contributed by atoms with Gasteiger partial charge in [0.2, 0.25) is 0 Å². The molecule has 0 amide bonds. The first-order valence-corrected chi connectivity index (χ1v) is 25.2. The largest absolute Gasteiger partial charge is 0.311 e. The number of para-hydroxylation sites is 3. The SMILES string of the molecule is Cc1cc2c3c(c1)N1c4c(cccc4-n4c5ccccc5c5cccc1c54)B3c1ccc(N(c3ccc(C(C)(C)C)cc3)c3ccc(C(C)(C)C)cc3)cc1N2c1ccc2sc3ccccc3c2c1. The van der Waals surface area contributed by atoms with E-state index >= 15 is 0 Å². The normalized spacial score (nSPS) is 13.6. The predicted molar refractivity (Wildman–Crippen MR) is 298 cm³/mol. The van der Waals surface area contributed by atoms with Crippen molar-refractivity contribution in [1.29, 1.82) is 0 Å². The van der Waals surface area contributed by atoms with Crippen LogP contribution in [0, 0.1) is 6.92 Å². The molecule has 0 N–H and O–H groups in total. The standard InChI is InChI=1S/C63H51BN4S/c1-38-34-55-59-56(35-38)68-52-19-12-16-47-45-14-8-10-18-51(45)67(60(47)52)53-20-13-17-50(61(53)68)64(59)49-32-30-44(37-54(49)66(55)43-31-33-58-48(36-43)46-15-9-11-21-57(46)69-58)65(41-26-22-39(23-27-41)62(2,3)4)42-28-24-40(25-29-42)63(5,6)7/h8-37H,1-7H3. The van der Waals surface area contributed by atoms with Gasteiger partial charge >= 0.3 is 0 Å². The second-order valence-electron chi connectivity index (χ2n) is 21.5. The first-order chi connectivity index (χ1) is 33.4. The molecule has 6 heteroatoms. The van der Waals surface area contributed by atoms with Gasteiger partial charge in [-0.3, -0.25) is 0 Å². The molecule has 0 bridgehead atoms. The number of thiophene rings is 1. The topological polar surface area (TPSA) is 14.7 Å². The van der Waals surface area contributed by atoms with Gasteiger partial charge in [-0.2, -0.15) is 0 Å². The third-order valence-corrected chi connectivity index (χ3v) is 16.4. The molecule has 0 aliphatic carbocycles. The van der Waals surface area contributed by atoms with Crippen LogP contribution in [-0.2, 0) is 10.8 Å². The van der Waals surface area contributed by atoms with Gasteiger partial charge in [0.15, 0.2) is 0 Å². The van der Waals surface area contributed by atoms with E-state index in [0.717, 1.165) is 22.7 Å². The van der Waals surface area contributed by atoms with Crippen LogP contribution in [0.4, 0.5) is 51.2 Å². The highest BCUT2D eigenvalue weighted by Gasteiger charge is 2.46. The smallest absolute Gasteiger partial charge is 0.252 e. The molecule has 4 nitrogen and oxygen atoms in total. The number of nitrogens with zero attached hydrogens (tertiary/aromatic N) is 4. The van der Waals surface area contributed by atoms with Crippen molar-refractivity contribution in [3.05, 3.63) is 199 Å². The van der Waals surface area contributed by atoms with Crippen LogP contribution in [0.2, 0.25) is 0 Å². The minimum atomic E-state index is -0.0130. The summed E-state index contributed by atoms with van der Waals surface area (Å²) in [5.41, 5.74) is 22.3. The van der Waals surface area contributed by atoms with Crippen molar-refractivity contribution in [3.63, 3.8) is 0 Å². The summed E-state index contributed by atoms with van der Waals surface area (Å²) < 4.78 is 5.15. The van der Waals surface area contributed by atoms with E-state index in [4.69, 9.17) is 0 Å².